The Morgan fingerprint density at radius 3 is 2.16 bits per heavy atom. The maximum Gasteiger partial charge on any atom is 0.303 e. The SMILES string of the molecule is Clc1ccccc1.O=C(O)CCC[C@H](NC(c1ccccn1)C1CC1)c1ccc(Cl)cc1. The van der Waals surface area contributed by atoms with E-state index in [0.29, 0.717) is 17.4 Å². The van der Waals surface area contributed by atoms with E-state index in [2.05, 4.69) is 16.4 Å². The molecule has 0 radical (unpaired) electrons. The monoisotopic (exact) mass is 470 g/mol. The normalized spacial score (nSPS) is 14.7. The first-order valence-electron chi connectivity index (χ1n) is 10.9. The molecule has 1 aliphatic carbocycles. The van der Waals surface area contributed by atoms with Crippen molar-refractivity contribution in [2.75, 3.05) is 0 Å². The number of carboxylic acids is 1. The van der Waals surface area contributed by atoms with Crippen LogP contribution in [0.5, 0.6) is 0 Å². The van der Waals surface area contributed by atoms with Crippen LogP contribution in [0.3, 0.4) is 0 Å². The molecule has 1 aliphatic rings. The molecule has 1 aromatic heterocycles. The van der Waals surface area contributed by atoms with E-state index in [1.54, 1.807) is 0 Å². The molecule has 1 saturated carbocycles. The molecule has 3 aromatic rings. The van der Waals surface area contributed by atoms with Crippen LogP contribution < -0.4 is 5.32 Å². The average Bonchev–Trinajstić information content (AvgIpc) is 3.63. The Hall–Kier alpha value is -2.40. The minimum atomic E-state index is -0.752. The number of nitrogens with zero attached hydrogens (tertiary/aromatic N) is 1. The minimum absolute atomic E-state index is 0.0872. The number of carbonyl (C=O) groups is 1. The summed E-state index contributed by atoms with van der Waals surface area (Å²) in [4.78, 5) is 15.4. The lowest BCUT2D eigenvalue weighted by Crippen LogP contribution is -2.29. The highest BCUT2D eigenvalue weighted by molar-refractivity contribution is 6.30. The van der Waals surface area contributed by atoms with Gasteiger partial charge in [-0.25, -0.2) is 0 Å². The molecule has 1 unspecified atom stereocenters. The number of rotatable bonds is 9. The van der Waals surface area contributed by atoms with Crippen LogP contribution in [-0.4, -0.2) is 16.1 Å². The molecule has 4 nitrogen and oxygen atoms in total. The molecular weight excluding hydrogens is 443 g/mol. The van der Waals surface area contributed by atoms with Crippen molar-refractivity contribution in [1.29, 1.82) is 0 Å². The topological polar surface area (TPSA) is 62.2 Å². The fraction of sp³-hybridized carbons (Fsp3) is 0.308. The molecule has 0 bridgehead atoms. The predicted octanol–water partition coefficient (Wildman–Crippen LogP) is 7.11. The van der Waals surface area contributed by atoms with Crippen molar-refractivity contribution in [3.8, 4) is 0 Å². The third-order valence-corrected chi connectivity index (χ3v) is 5.87. The molecule has 0 amide bonds. The van der Waals surface area contributed by atoms with Gasteiger partial charge in [0.25, 0.3) is 0 Å². The molecule has 4 rings (SSSR count). The number of hydrogen-bond donors (Lipinski definition) is 2. The lowest BCUT2D eigenvalue weighted by atomic mass is 9.98. The van der Waals surface area contributed by atoms with Crippen molar-refractivity contribution < 1.29 is 9.90 Å². The summed E-state index contributed by atoms with van der Waals surface area (Å²) in [6.45, 7) is 0. The molecule has 1 fully saturated rings. The summed E-state index contributed by atoms with van der Waals surface area (Å²) < 4.78 is 0. The largest absolute Gasteiger partial charge is 0.481 e. The summed E-state index contributed by atoms with van der Waals surface area (Å²) in [5.41, 5.74) is 2.19. The van der Waals surface area contributed by atoms with Gasteiger partial charge in [0.1, 0.15) is 0 Å². The Kier molecular flexibility index (Phi) is 9.54. The Labute approximate surface area is 199 Å². The minimum Gasteiger partial charge on any atom is -0.481 e. The van der Waals surface area contributed by atoms with Crippen LogP contribution in [-0.2, 0) is 4.79 Å². The Morgan fingerprint density at radius 2 is 1.62 bits per heavy atom. The highest BCUT2D eigenvalue weighted by Gasteiger charge is 2.34. The lowest BCUT2D eigenvalue weighted by molar-refractivity contribution is -0.137. The van der Waals surface area contributed by atoms with Gasteiger partial charge >= 0.3 is 5.97 Å². The van der Waals surface area contributed by atoms with E-state index < -0.39 is 5.97 Å². The van der Waals surface area contributed by atoms with Crippen molar-refractivity contribution in [2.45, 2.75) is 44.2 Å². The zero-order valence-corrected chi connectivity index (χ0v) is 19.3. The number of benzene rings is 2. The van der Waals surface area contributed by atoms with Gasteiger partial charge in [0.15, 0.2) is 0 Å². The summed E-state index contributed by atoms with van der Waals surface area (Å²) in [6, 6.07) is 23.5. The van der Waals surface area contributed by atoms with Crippen LogP contribution in [0.15, 0.2) is 79.0 Å². The van der Waals surface area contributed by atoms with Crippen LogP contribution in [0.4, 0.5) is 0 Å². The maximum absolute atomic E-state index is 10.9. The van der Waals surface area contributed by atoms with Gasteiger partial charge in [0.05, 0.1) is 11.7 Å². The van der Waals surface area contributed by atoms with Crippen molar-refractivity contribution >= 4 is 29.2 Å². The zero-order chi connectivity index (χ0) is 22.8. The van der Waals surface area contributed by atoms with E-state index in [-0.39, 0.29) is 18.5 Å². The third-order valence-electron chi connectivity index (χ3n) is 5.37. The number of nitrogens with one attached hydrogen (secondary N) is 1. The van der Waals surface area contributed by atoms with Gasteiger partial charge in [0, 0.05) is 28.7 Å². The first-order chi connectivity index (χ1) is 15.5. The first kappa shape index (κ1) is 24.2. The molecule has 0 saturated heterocycles. The van der Waals surface area contributed by atoms with Gasteiger partial charge in [-0.1, -0.05) is 59.6 Å². The van der Waals surface area contributed by atoms with Gasteiger partial charge in [-0.3, -0.25) is 9.78 Å². The second kappa shape index (κ2) is 12.6. The first-order valence-corrected chi connectivity index (χ1v) is 11.6. The molecule has 2 N–H and O–H groups in total. The predicted molar refractivity (Wildman–Crippen MR) is 130 cm³/mol. The average molecular weight is 471 g/mol. The molecule has 2 aromatic carbocycles. The van der Waals surface area contributed by atoms with Crippen molar-refractivity contribution in [2.24, 2.45) is 5.92 Å². The highest BCUT2D eigenvalue weighted by atomic mass is 35.5. The standard InChI is InChI=1S/C20H23ClN2O2.C6H5Cl/c21-16-11-9-14(10-12-16)17(5-3-6-19(24)25)23-20(15-7-8-15)18-4-1-2-13-22-18;7-6-4-2-1-3-5-6/h1-2,4,9-13,15,17,20,23H,3,5-8H2,(H,24,25);1-5H/t17-,20?;/m0./s1. The van der Waals surface area contributed by atoms with E-state index in [4.69, 9.17) is 28.3 Å². The van der Waals surface area contributed by atoms with E-state index in [0.717, 1.165) is 22.7 Å². The maximum atomic E-state index is 10.9. The molecule has 0 spiro atoms. The summed E-state index contributed by atoms with van der Waals surface area (Å²) in [5.74, 6) is -0.150. The quantitative estimate of drug-likeness (QED) is 0.349. The molecule has 168 valence electrons. The van der Waals surface area contributed by atoms with E-state index in [1.807, 2.05) is 72.9 Å². The van der Waals surface area contributed by atoms with E-state index in [9.17, 15) is 4.79 Å². The molecule has 32 heavy (non-hydrogen) atoms. The molecule has 1 heterocycles. The van der Waals surface area contributed by atoms with Crippen LogP contribution >= 0.6 is 23.2 Å². The van der Waals surface area contributed by atoms with Gasteiger partial charge in [-0.05, 0) is 73.6 Å². The molecule has 2 atom stereocenters. The molecular formula is C26H28Cl2N2O2. The Bertz CT molecular complexity index is 949. The van der Waals surface area contributed by atoms with Gasteiger partial charge in [-0.2, -0.15) is 0 Å². The molecule has 6 heteroatoms. The van der Waals surface area contributed by atoms with E-state index in [1.165, 1.54) is 12.8 Å². The van der Waals surface area contributed by atoms with Crippen LogP contribution in [0.2, 0.25) is 10.0 Å². The number of pyridine rings is 1. The summed E-state index contributed by atoms with van der Waals surface area (Å²) >= 11 is 11.6. The van der Waals surface area contributed by atoms with Gasteiger partial charge in [-0.15, -0.1) is 0 Å². The molecule has 0 aliphatic heterocycles. The lowest BCUT2D eigenvalue weighted by Gasteiger charge is -2.26. The second-order valence-corrected chi connectivity index (χ2v) is 8.79. The smallest absolute Gasteiger partial charge is 0.303 e. The Morgan fingerprint density at radius 1 is 0.969 bits per heavy atom. The van der Waals surface area contributed by atoms with Crippen molar-refractivity contribution in [1.82, 2.24) is 10.3 Å². The van der Waals surface area contributed by atoms with E-state index >= 15 is 0 Å². The summed E-state index contributed by atoms with van der Waals surface area (Å²) in [6.07, 6.45) is 5.82. The van der Waals surface area contributed by atoms with Gasteiger partial charge < -0.3 is 10.4 Å². The second-order valence-electron chi connectivity index (χ2n) is 7.92. The number of aromatic nitrogens is 1. The number of aliphatic carboxylic acids is 1. The van der Waals surface area contributed by atoms with Crippen LogP contribution in [0.1, 0.15) is 55.4 Å². The Balaban J connectivity index is 0.000000352. The fourth-order valence-corrected chi connectivity index (χ4v) is 3.85. The van der Waals surface area contributed by atoms with Crippen LogP contribution in [0, 0.1) is 5.92 Å². The highest BCUT2D eigenvalue weighted by Crippen LogP contribution is 2.42. The number of carboxylic acid groups (broad SMARTS) is 1. The number of halogens is 2. The van der Waals surface area contributed by atoms with Crippen molar-refractivity contribution in [3.05, 3.63) is 100 Å². The van der Waals surface area contributed by atoms with Gasteiger partial charge in [0.2, 0.25) is 0 Å². The summed E-state index contributed by atoms with van der Waals surface area (Å²) in [5, 5.41) is 14.2. The van der Waals surface area contributed by atoms with Crippen molar-refractivity contribution in [3.63, 3.8) is 0 Å². The van der Waals surface area contributed by atoms with Crippen LogP contribution in [0.25, 0.3) is 0 Å². The fourth-order valence-electron chi connectivity index (χ4n) is 3.58. The zero-order valence-electron chi connectivity index (χ0n) is 17.8. The number of hydrogen-bond acceptors (Lipinski definition) is 3. The summed E-state index contributed by atoms with van der Waals surface area (Å²) in [7, 11) is 0. The third kappa shape index (κ3) is 8.27.